The second-order valence-corrected chi connectivity index (χ2v) is 2.70. The minimum absolute atomic E-state index is 0.351. The molecule has 0 saturated carbocycles. The van der Waals surface area contributed by atoms with Crippen LogP contribution in [-0.4, -0.2) is 12.2 Å². The maximum Gasteiger partial charge on any atom is 0.118 e. The van der Waals surface area contributed by atoms with Crippen LogP contribution in [0, 0.1) is 0 Å². The highest BCUT2D eigenvalue weighted by Crippen LogP contribution is 2.19. The van der Waals surface area contributed by atoms with Crippen LogP contribution in [0.4, 0.5) is 0 Å². The molecule has 0 saturated heterocycles. The van der Waals surface area contributed by atoms with Crippen LogP contribution in [0.5, 0.6) is 5.75 Å². The van der Waals surface area contributed by atoms with Crippen LogP contribution in [0.2, 0.25) is 0 Å². The fourth-order valence-corrected chi connectivity index (χ4v) is 1.06. The van der Waals surface area contributed by atoms with Crippen molar-refractivity contribution in [2.45, 2.75) is 19.4 Å². The van der Waals surface area contributed by atoms with Crippen LogP contribution in [0.25, 0.3) is 0 Å². The summed E-state index contributed by atoms with van der Waals surface area (Å²) in [4.78, 5) is 0. The van der Waals surface area contributed by atoms with Gasteiger partial charge in [-0.2, -0.15) is 0 Å². The topological polar surface area (TPSA) is 29.5 Å². The molecule has 66 valence electrons. The van der Waals surface area contributed by atoms with Gasteiger partial charge in [-0.3, -0.25) is 0 Å². The molecule has 0 aromatic heterocycles. The van der Waals surface area contributed by atoms with E-state index in [1.54, 1.807) is 7.11 Å². The lowest BCUT2D eigenvalue weighted by Gasteiger charge is -2.08. The highest BCUT2D eigenvalue weighted by Gasteiger charge is 2.03. The van der Waals surface area contributed by atoms with Crippen molar-refractivity contribution in [3.8, 4) is 5.75 Å². The van der Waals surface area contributed by atoms with Gasteiger partial charge >= 0.3 is 0 Å². The Morgan fingerprint density at radius 2 is 1.92 bits per heavy atom. The van der Waals surface area contributed by atoms with Gasteiger partial charge in [-0.05, 0) is 24.1 Å². The minimum Gasteiger partial charge on any atom is -0.497 e. The van der Waals surface area contributed by atoms with Crippen molar-refractivity contribution >= 4 is 0 Å². The third-order valence-electron chi connectivity index (χ3n) is 1.89. The van der Waals surface area contributed by atoms with Gasteiger partial charge < -0.3 is 9.84 Å². The lowest BCUT2D eigenvalue weighted by molar-refractivity contribution is 0.173. The number of hydrogen-bond donors (Lipinski definition) is 1. The molecular formula is C10H14O2. The van der Waals surface area contributed by atoms with Gasteiger partial charge in [0, 0.05) is 0 Å². The fraction of sp³-hybridized carbons (Fsp3) is 0.400. The van der Waals surface area contributed by atoms with E-state index in [1.807, 2.05) is 31.2 Å². The van der Waals surface area contributed by atoms with Crippen molar-refractivity contribution in [1.82, 2.24) is 0 Å². The van der Waals surface area contributed by atoms with Gasteiger partial charge in [-0.15, -0.1) is 0 Å². The summed E-state index contributed by atoms with van der Waals surface area (Å²) in [5.41, 5.74) is 0.943. The first-order valence-corrected chi connectivity index (χ1v) is 4.10. The van der Waals surface area contributed by atoms with Gasteiger partial charge in [0.25, 0.3) is 0 Å². The average molecular weight is 166 g/mol. The standard InChI is InChI=1S/C10H14O2/c1-3-10(11)8-4-6-9(12-2)7-5-8/h4-7,10-11H,3H2,1-2H3/t10-/m1/s1. The third-order valence-corrected chi connectivity index (χ3v) is 1.89. The Bertz CT molecular complexity index is 228. The summed E-state index contributed by atoms with van der Waals surface area (Å²) in [6, 6.07) is 7.47. The molecule has 1 aromatic carbocycles. The molecule has 1 aromatic rings. The molecule has 0 aliphatic rings. The maximum absolute atomic E-state index is 9.45. The zero-order valence-corrected chi connectivity index (χ0v) is 7.45. The Morgan fingerprint density at radius 3 is 2.33 bits per heavy atom. The zero-order valence-electron chi connectivity index (χ0n) is 7.45. The highest BCUT2D eigenvalue weighted by atomic mass is 16.5. The lowest BCUT2D eigenvalue weighted by atomic mass is 10.1. The lowest BCUT2D eigenvalue weighted by Crippen LogP contribution is -1.94. The summed E-state index contributed by atoms with van der Waals surface area (Å²) in [6.07, 6.45) is 0.391. The summed E-state index contributed by atoms with van der Waals surface area (Å²) in [7, 11) is 1.63. The summed E-state index contributed by atoms with van der Waals surface area (Å²) in [6.45, 7) is 1.95. The molecule has 0 fully saturated rings. The first-order chi connectivity index (χ1) is 5.77. The second kappa shape index (κ2) is 4.12. The predicted octanol–water partition coefficient (Wildman–Crippen LogP) is 2.14. The molecule has 0 aliphatic heterocycles. The Hall–Kier alpha value is -1.02. The highest BCUT2D eigenvalue weighted by molar-refractivity contribution is 5.28. The van der Waals surface area contributed by atoms with E-state index in [1.165, 1.54) is 0 Å². The van der Waals surface area contributed by atoms with E-state index in [0.717, 1.165) is 17.7 Å². The number of methoxy groups -OCH3 is 1. The first kappa shape index (κ1) is 9.07. The Kier molecular flexibility index (Phi) is 3.11. The van der Waals surface area contributed by atoms with E-state index in [9.17, 15) is 5.11 Å². The summed E-state index contributed by atoms with van der Waals surface area (Å²) < 4.78 is 5.00. The molecule has 0 heterocycles. The van der Waals surface area contributed by atoms with Gasteiger partial charge in [0.2, 0.25) is 0 Å². The summed E-state index contributed by atoms with van der Waals surface area (Å²) in [5.74, 6) is 0.821. The number of benzene rings is 1. The smallest absolute Gasteiger partial charge is 0.118 e. The molecule has 1 rings (SSSR count). The van der Waals surface area contributed by atoms with Gasteiger partial charge in [-0.25, -0.2) is 0 Å². The number of aliphatic hydroxyl groups excluding tert-OH is 1. The van der Waals surface area contributed by atoms with Crippen molar-refractivity contribution in [3.63, 3.8) is 0 Å². The van der Waals surface area contributed by atoms with Gasteiger partial charge in [0.15, 0.2) is 0 Å². The van der Waals surface area contributed by atoms with E-state index in [2.05, 4.69) is 0 Å². The molecule has 0 aliphatic carbocycles. The molecule has 1 N–H and O–H groups in total. The van der Waals surface area contributed by atoms with Crippen LogP contribution in [0.15, 0.2) is 24.3 Å². The Morgan fingerprint density at radius 1 is 1.33 bits per heavy atom. The second-order valence-electron chi connectivity index (χ2n) is 2.70. The molecule has 12 heavy (non-hydrogen) atoms. The molecular weight excluding hydrogens is 152 g/mol. The van der Waals surface area contributed by atoms with E-state index in [4.69, 9.17) is 4.74 Å². The average Bonchev–Trinajstić information content (AvgIpc) is 2.17. The van der Waals surface area contributed by atoms with Crippen LogP contribution < -0.4 is 4.74 Å². The molecule has 0 spiro atoms. The molecule has 0 radical (unpaired) electrons. The Labute approximate surface area is 72.8 Å². The normalized spacial score (nSPS) is 12.6. The first-order valence-electron chi connectivity index (χ1n) is 4.10. The van der Waals surface area contributed by atoms with Crippen LogP contribution >= 0.6 is 0 Å². The van der Waals surface area contributed by atoms with Crippen LogP contribution in [-0.2, 0) is 0 Å². The van der Waals surface area contributed by atoms with Crippen LogP contribution in [0.3, 0.4) is 0 Å². The molecule has 0 amide bonds. The molecule has 0 bridgehead atoms. The molecule has 1 atom stereocenters. The van der Waals surface area contributed by atoms with E-state index in [0.29, 0.717) is 0 Å². The molecule has 2 heteroatoms. The number of ether oxygens (including phenoxy) is 1. The predicted molar refractivity (Wildman–Crippen MR) is 48.2 cm³/mol. The number of rotatable bonds is 3. The summed E-state index contributed by atoms with van der Waals surface area (Å²) in [5, 5.41) is 9.45. The van der Waals surface area contributed by atoms with Gasteiger partial charge in [0.1, 0.15) is 5.75 Å². The number of hydrogen-bond acceptors (Lipinski definition) is 2. The van der Waals surface area contributed by atoms with Gasteiger partial charge in [-0.1, -0.05) is 19.1 Å². The van der Waals surface area contributed by atoms with E-state index < -0.39 is 0 Å². The van der Waals surface area contributed by atoms with E-state index in [-0.39, 0.29) is 6.10 Å². The van der Waals surface area contributed by atoms with Crippen molar-refractivity contribution in [1.29, 1.82) is 0 Å². The van der Waals surface area contributed by atoms with Crippen molar-refractivity contribution < 1.29 is 9.84 Å². The summed E-state index contributed by atoms with van der Waals surface area (Å²) >= 11 is 0. The maximum atomic E-state index is 9.45. The minimum atomic E-state index is -0.351. The van der Waals surface area contributed by atoms with Gasteiger partial charge in [0.05, 0.1) is 13.2 Å². The molecule has 0 unspecified atom stereocenters. The van der Waals surface area contributed by atoms with Crippen molar-refractivity contribution in [2.24, 2.45) is 0 Å². The molecule has 2 nitrogen and oxygen atoms in total. The SMILES string of the molecule is CC[C@@H](O)c1ccc(OC)cc1. The van der Waals surface area contributed by atoms with Crippen molar-refractivity contribution in [2.75, 3.05) is 7.11 Å². The Balaban J connectivity index is 2.77. The number of aliphatic hydroxyl groups is 1. The zero-order chi connectivity index (χ0) is 8.97. The largest absolute Gasteiger partial charge is 0.497 e. The monoisotopic (exact) mass is 166 g/mol. The quantitative estimate of drug-likeness (QED) is 0.745. The van der Waals surface area contributed by atoms with Crippen LogP contribution in [0.1, 0.15) is 25.0 Å². The van der Waals surface area contributed by atoms with Crippen molar-refractivity contribution in [3.05, 3.63) is 29.8 Å². The third kappa shape index (κ3) is 1.98. The fourth-order valence-electron chi connectivity index (χ4n) is 1.06. The van der Waals surface area contributed by atoms with E-state index >= 15 is 0 Å².